The van der Waals surface area contributed by atoms with Gasteiger partial charge in [-0.3, -0.25) is 0 Å². The number of nitro groups is 1. The second-order valence-corrected chi connectivity index (χ2v) is 2.32. The minimum atomic E-state index is -1.37. The van der Waals surface area contributed by atoms with Crippen LogP contribution in [0.3, 0.4) is 0 Å². The second kappa shape index (κ2) is 3.86. The summed E-state index contributed by atoms with van der Waals surface area (Å²) in [6.45, 7) is 0. The molecule has 0 radical (unpaired) electrons. The highest BCUT2D eigenvalue weighted by Crippen LogP contribution is 2.24. The number of rotatable bonds is 3. The molecule has 1 aromatic carbocycles. The third-order valence-electron chi connectivity index (χ3n) is 1.50. The molecule has 0 fully saturated rings. The lowest BCUT2D eigenvalue weighted by Gasteiger charge is -2.05. The first-order valence-electron chi connectivity index (χ1n) is 3.50. The van der Waals surface area contributed by atoms with Gasteiger partial charge in [0.05, 0.1) is 12.3 Å². The Hall–Kier alpha value is -1.92. The van der Waals surface area contributed by atoms with E-state index in [0.29, 0.717) is 0 Å². The number of anilines is 1. The minimum Gasteiger partial charge on any atom is -0.497 e. The minimum absolute atomic E-state index is 0.156. The van der Waals surface area contributed by atoms with Crippen molar-refractivity contribution in [2.75, 3.05) is 12.3 Å². The van der Waals surface area contributed by atoms with E-state index in [4.69, 9.17) is 0 Å². The van der Waals surface area contributed by atoms with Crippen LogP contribution in [-0.2, 0) is 0 Å². The third kappa shape index (κ3) is 1.87. The maximum absolute atomic E-state index is 13.0. The molecular weight excluding hydrogens is 198 g/mol. The Kier molecular flexibility index (Phi) is 2.80. The van der Waals surface area contributed by atoms with Crippen LogP contribution in [0.2, 0.25) is 0 Å². The summed E-state index contributed by atoms with van der Waals surface area (Å²) in [7, 11) is 1.30. The van der Waals surface area contributed by atoms with Gasteiger partial charge in [0.25, 0.3) is 0 Å². The number of benzene rings is 1. The van der Waals surface area contributed by atoms with Gasteiger partial charge >= 0.3 is 0 Å². The summed E-state index contributed by atoms with van der Waals surface area (Å²) >= 11 is 0. The fourth-order valence-corrected chi connectivity index (χ4v) is 0.852. The van der Waals surface area contributed by atoms with Crippen molar-refractivity contribution in [2.45, 2.75) is 0 Å². The summed E-state index contributed by atoms with van der Waals surface area (Å²) in [6.07, 6.45) is 0. The van der Waals surface area contributed by atoms with Crippen LogP contribution in [0.15, 0.2) is 18.2 Å². The van der Waals surface area contributed by atoms with Gasteiger partial charge in [-0.2, -0.15) is 0 Å². The van der Waals surface area contributed by atoms with Crippen LogP contribution in [0.25, 0.3) is 0 Å². The molecule has 0 aliphatic heterocycles. The quantitative estimate of drug-likeness (QED) is 0.427. The summed E-state index contributed by atoms with van der Waals surface area (Å²) in [5.41, 5.74) is -0.768. The molecule has 0 aromatic heterocycles. The molecule has 7 heteroatoms. The maximum atomic E-state index is 13.0. The zero-order valence-corrected chi connectivity index (χ0v) is 7.11. The first-order valence-corrected chi connectivity index (χ1v) is 3.50. The van der Waals surface area contributed by atoms with Crippen molar-refractivity contribution < 1.29 is 18.6 Å². The van der Waals surface area contributed by atoms with Crippen LogP contribution >= 0.6 is 0 Å². The number of hydrazine groups is 1. The van der Waals surface area contributed by atoms with E-state index >= 15 is 0 Å². The molecule has 1 rings (SSSR count). The first kappa shape index (κ1) is 10.2. The summed E-state index contributed by atoms with van der Waals surface area (Å²) in [4.78, 5) is 9.96. The second-order valence-electron chi connectivity index (χ2n) is 2.32. The van der Waals surface area contributed by atoms with Crippen molar-refractivity contribution >= 4 is 5.69 Å². The molecule has 0 spiro atoms. The highest BCUT2D eigenvalue weighted by atomic mass is 19.2. The maximum Gasteiger partial charge on any atom is 0.196 e. The summed E-state index contributed by atoms with van der Waals surface area (Å²) in [5.74, 6) is -0.911. The van der Waals surface area contributed by atoms with E-state index in [2.05, 4.69) is 4.74 Å². The molecule has 0 amide bonds. The molecule has 1 aromatic rings. The summed E-state index contributed by atoms with van der Waals surface area (Å²) < 4.78 is 30.2. The summed E-state index contributed by atoms with van der Waals surface area (Å²) in [6, 6.07) is 2.98. The topological polar surface area (TPSA) is 55.6 Å². The Morgan fingerprint density at radius 2 is 2.21 bits per heavy atom. The van der Waals surface area contributed by atoms with Gasteiger partial charge in [-0.25, -0.2) is 14.5 Å². The highest BCUT2D eigenvalue weighted by molar-refractivity contribution is 5.46. The predicted octanol–water partition coefficient (Wildman–Crippen LogP) is 1.72. The Bertz CT molecular complexity index is 359. The Morgan fingerprint density at radius 3 is 2.64 bits per heavy atom. The van der Waals surface area contributed by atoms with Gasteiger partial charge in [0.1, 0.15) is 5.75 Å². The van der Waals surface area contributed by atoms with Gasteiger partial charge in [-0.15, -0.1) is 0 Å². The number of hydrogen-bond donors (Lipinski definition) is 0. The Morgan fingerprint density at radius 1 is 1.57 bits per heavy atom. The fraction of sp³-hybridized carbons (Fsp3) is 0.143. The van der Waals surface area contributed by atoms with Crippen molar-refractivity contribution in [3.8, 4) is 5.75 Å². The van der Waals surface area contributed by atoms with Crippen LogP contribution in [0.4, 0.5) is 14.6 Å². The molecular formula is C7H6F2N2O3. The van der Waals surface area contributed by atoms with Gasteiger partial charge < -0.3 is 4.74 Å². The highest BCUT2D eigenvalue weighted by Gasteiger charge is 2.21. The molecule has 0 bridgehead atoms. The lowest BCUT2D eigenvalue weighted by atomic mass is 10.3. The monoisotopic (exact) mass is 204 g/mol. The van der Waals surface area contributed by atoms with Gasteiger partial charge in [0.15, 0.2) is 16.5 Å². The standard InChI is InChI=1S/C7H6F2N2O3/c1-14-5-2-3-7(6(8)4-5)10(9)11(12)13/h2-4H,1H3. The van der Waals surface area contributed by atoms with Crippen molar-refractivity contribution in [1.29, 1.82) is 0 Å². The number of methoxy groups -OCH3 is 1. The molecule has 0 unspecified atom stereocenters. The van der Waals surface area contributed by atoms with E-state index in [-0.39, 0.29) is 5.75 Å². The van der Waals surface area contributed by atoms with Crippen LogP contribution in [0, 0.1) is 15.9 Å². The van der Waals surface area contributed by atoms with Gasteiger partial charge in [-0.05, 0) is 16.6 Å². The number of nitrogens with zero attached hydrogens (tertiary/aromatic N) is 2. The molecule has 0 aliphatic carbocycles. The van der Waals surface area contributed by atoms with E-state index < -0.39 is 21.8 Å². The van der Waals surface area contributed by atoms with Crippen molar-refractivity contribution in [3.05, 3.63) is 34.1 Å². The van der Waals surface area contributed by atoms with Gasteiger partial charge in [0, 0.05) is 6.07 Å². The fourth-order valence-electron chi connectivity index (χ4n) is 0.852. The lowest BCUT2D eigenvalue weighted by Crippen LogP contribution is -2.20. The zero-order chi connectivity index (χ0) is 10.7. The van der Waals surface area contributed by atoms with E-state index in [1.165, 1.54) is 13.2 Å². The van der Waals surface area contributed by atoms with Gasteiger partial charge in [0.2, 0.25) is 0 Å². The largest absolute Gasteiger partial charge is 0.497 e. The number of halogens is 2. The third-order valence-corrected chi connectivity index (χ3v) is 1.50. The van der Waals surface area contributed by atoms with Crippen LogP contribution in [-0.4, -0.2) is 12.1 Å². The normalized spacial score (nSPS) is 9.64. The van der Waals surface area contributed by atoms with E-state index in [1.807, 2.05) is 0 Å². The molecule has 0 atom stereocenters. The van der Waals surface area contributed by atoms with E-state index in [9.17, 15) is 19.0 Å². The van der Waals surface area contributed by atoms with E-state index in [0.717, 1.165) is 12.1 Å². The average Bonchev–Trinajstić information content (AvgIpc) is 2.16. The SMILES string of the molecule is COc1ccc(N(F)[N+](=O)[O-])c(F)c1. The van der Waals surface area contributed by atoms with Crippen molar-refractivity contribution in [1.82, 2.24) is 0 Å². The smallest absolute Gasteiger partial charge is 0.196 e. The molecule has 0 N–H and O–H groups in total. The van der Waals surface area contributed by atoms with Crippen molar-refractivity contribution in [3.63, 3.8) is 0 Å². The predicted molar refractivity (Wildman–Crippen MR) is 43.5 cm³/mol. The molecule has 5 nitrogen and oxygen atoms in total. The Balaban J connectivity index is 3.05. The van der Waals surface area contributed by atoms with Crippen molar-refractivity contribution in [2.24, 2.45) is 0 Å². The summed E-state index contributed by atoms with van der Waals surface area (Å²) in [5, 5.41) is 7.70. The molecule has 14 heavy (non-hydrogen) atoms. The zero-order valence-electron chi connectivity index (χ0n) is 7.11. The Labute approximate surface area is 77.6 Å². The van der Waals surface area contributed by atoms with Crippen LogP contribution < -0.4 is 9.97 Å². The number of ether oxygens (including phenoxy) is 1. The molecule has 0 aliphatic rings. The number of hydrogen-bond acceptors (Lipinski definition) is 3. The van der Waals surface area contributed by atoms with E-state index in [1.54, 1.807) is 0 Å². The van der Waals surface area contributed by atoms with Gasteiger partial charge in [-0.1, -0.05) is 0 Å². The lowest BCUT2D eigenvalue weighted by molar-refractivity contribution is -0.525. The molecule has 0 saturated heterocycles. The average molecular weight is 204 g/mol. The van der Waals surface area contributed by atoms with Crippen LogP contribution in [0.1, 0.15) is 0 Å². The first-order chi connectivity index (χ1) is 6.56. The van der Waals surface area contributed by atoms with Crippen LogP contribution in [0.5, 0.6) is 5.75 Å². The molecule has 0 heterocycles. The molecule has 0 saturated carbocycles. The molecule has 76 valence electrons.